The quantitative estimate of drug-likeness (QED) is 0.619. The number of halogens is 2. The van der Waals surface area contributed by atoms with E-state index in [-0.39, 0.29) is 0 Å². The molecule has 3 aromatic rings. The van der Waals surface area contributed by atoms with E-state index in [0.717, 1.165) is 42.1 Å². The van der Waals surface area contributed by atoms with E-state index in [1.807, 2.05) is 47.3 Å². The van der Waals surface area contributed by atoms with Crippen molar-refractivity contribution in [2.45, 2.75) is 19.1 Å². The first-order valence-corrected chi connectivity index (χ1v) is 9.62. The fourth-order valence-electron chi connectivity index (χ4n) is 3.30. The zero-order valence-corrected chi connectivity index (χ0v) is 16.5. The molecule has 0 amide bonds. The molecule has 0 unspecified atom stereocenters. The van der Waals surface area contributed by atoms with Crippen molar-refractivity contribution in [2.75, 3.05) is 20.1 Å². The van der Waals surface area contributed by atoms with Gasteiger partial charge in [0.2, 0.25) is 0 Å². The SMILES string of the molecule is CN1CC[C@H](n2cc(-c3ccccc3OCc3ccc(Cl)c(Cl)c3)nn2)C1. The standard InChI is InChI=1S/C20H20Cl2N4O/c1-25-9-8-15(11-25)26-12-19(23-24-26)16-4-2-3-5-20(16)27-13-14-6-7-17(21)18(22)10-14/h2-7,10,12,15H,8-9,11,13H2,1H3/t15-/m0/s1. The first-order valence-electron chi connectivity index (χ1n) is 8.86. The van der Waals surface area contributed by atoms with E-state index in [4.69, 9.17) is 27.9 Å². The highest BCUT2D eigenvalue weighted by atomic mass is 35.5. The fourth-order valence-corrected chi connectivity index (χ4v) is 3.62. The van der Waals surface area contributed by atoms with E-state index in [1.54, 1.807) is 6.07 Å². The Bertz CT molecular complexity index is 943. The number of para-hydroxylation sites is 1. The Morgan fingerprint density at radius 3 is 2.78 bits per heavy atom. The van der Waals surface area contributed by atoms with Crippen molar-refractivity contribution in [3.63, 3.8) is 0 Å². The molecule has 1 aliphatic heterocycles. The van der Waals surface area contributed by atoms with Gasteiger partial charge in [0, 0.05) is 12.1 Å². The molecular formula is C20H20Cl2N4O. The minimum atomic E-state index is 0.375. The van der Waals surface area contributed by atoms with Gasteiger partial charge in [-0.3, -0.25) is 0 Å². The van der Waals surface area contributed by atoms with Crippen LogP contribution in [-0.2, 0) is 6.61 Å². The van der Waals surface area contributed by atoms with Gasteiger partial charge in [0.1, 0.15) is 18.1 Å². The molecule has 1 atom stereocenters. The van der Waals surface area contributed by atoms with E-state index >= 15 is 0 Å². The van der Waals surface area contributed by atoms with E-state index < -0.39 is 0 Å². The van der Waals surface area contributed by atoms with Gasteiger partial charge in [0.05, 0.1) is 22.3 Å². The van der Waals surface area contributed by atoms with Crippen molar-refractivity contribution in [1.29, 1.82) is 0 Å². The topological polar surface area (TPSA) is 43.2 Å². The smallest absolute Gasteiger partial charge is 0.129 e. The second kappa shape index (κ2) is 7.89. The van der Waals surface area contributed by atoms with Gasteiger partial charge in [-0.2, -0.15) is 0 Å². The Hall–Kier alpha value is -2.08. The first kappa shape index (κ1) is 18.3. The van der Waals surface area contributed by atoms with Gasteiger partial charge in [-0.15, -0.1) is 5.10 Å². The van der Waals surface area contributed by atoms with Crippen LogP contribution in [0.5, 0.6) is 5.75 Å². The Morgan fingerprint density at radius 1 is 1.15 bits per heavy atom. The van der Waals surface area contributed by atoms with Gasteiger partial charge < -0.3 is 9.64 Å². The minimum absolute atomic E-state index is 0.375. The summed E-state index contributed by atoms with van der Waals surface area (Å²) >= 11 is 12.1. The summed E-state index contributed by atoms with van der Waals surface area (Å²) in [5, 5.41) is 9.78. The lowest BCUT2D eigenvalue weighted by molar-refractivity contribution is 0.307. The van der Waals surface area contributed by atoms with Crippen molar-refractivity contribution in [3.8, 4) is 17.0 Å². The number of rotatable bonds is 5. The minimum Gasteiger partial charge on any atom is -0.488 e. The third-order valence-corrected chi connectivity index (χ3v) is 5.53. The number of aromatic nitrogens is 3. The summed E-state index contributed by atoms with van der Waals surface area (Å²) in [6.07, 6.45) is 3.10. The summed E-state index contributed by atoms with van der Waals surface area (Å²) in [5.41, 5.74) is 2.70. The molecule has 0 aliphatic carbocycles. The summed E-state index contributed by atoms with van der Waals surface area (Å²) in [7, 11) is 2.13. The van der Waals surface area contributed by atoms with Gasteiger partial charge in [-0.25, -0.2) is 4.68 Å². The first-order chi connectivity index (χ1) is 13.1. The Balaban J connectivity index is 1.52. The van der Waals surface area contributed by atoms with E-state index in [9.17, 15) is 0 Å². The molecule has 5 nitrogen and oxygen atoms in total. The van der Waals surface area contributed by atoms with Crippen LogP contribution in [0.2, 0.25) is 10.0 Å². The van der Waals surface area contributed by atoms with Crippen molar-refractivity contribution < 1.29 is 4.74 Å². The third kappa shape index (κ3) is 4.10. The van der Waals surface area contributed by atoms with Gasteiger partial charge in [-0.1, -0.05) is 46.6 Å². The summed E-state index contributed by atoms with van der Waals surface area (Å²) in [6.45, 7) is 2.48. The highest BCUT2D eigenvalue weighted by Gasteiger charge is 2.22. The summed E-state index contributed by atoms with van der Waals surface area (Å²) in [6, 6.07) is 13.7. The molecule has 0 radical (unpaired) electrons. The molecule has 4 rings (SSSR count). The van der Waals surface area contributed by atoms with E-state index in [0.29, 0.717) is 22.7 Å². The molecule has 2 aromatic carbocycles. The molecule has 140 valence electrons. The maximum absolute atomic E-state index is 6.09. The van der Waals surface area contributed by atoms with Gasteiger partial charge >= 0.3 is 0 Å². The van der Waals surface area contributed by atoms with Crippen molar-refractivity contribution in [3.05, 3.63) is 64.3 Å². The number of ether oxygens (including phenoxy) is 1. The van der Waals surface area contributed by atoms with Crippen LogP contribution in [0.15, 0.2) is 48.7 Å². The molecule has 1 aromatic heterocycles. The molecule has 0 saturated carbocycles. The molecule has 27 heavy (non-hydrogen) atoms. The average Bonchev–Trinajstić information content (AvgIpc) is 3.32. The van der Waals surface area contributed by atoms with Crippen LogP contribution in [0.3, 0.4) is 0 Å². The van der Waals surface area contributed by atoms with Gasteiger partial charge in [0.25, 0.3) is 0 Å². The average molecular weight is 403 g/mol. The number of likely N-dealkylation sites (N-methyl/N-ethyl adjacent to an activating group) is 1. The maximum atomic E-state index is 6.09. The number of hydrogen-bond acceptors (Lipinski definition) is 4. The highest BCUT2D eigenvalue weighted by molar-refractivity contribution is 6.42. The molecule has 0 N–H and O–H groups in total. The second-order valence-corrected chi connectivity index (χ2v) is 7.64. The van der Waals surface area contributed by atoms with Gasteiger partial charge in [0.15, 0.2) is 0 Å². The molecule has 1 aliphatic rings. The predicted octanol–water partition coefficient (Wildman–Crippen LogP) is 4.71. The highest BCUT2D eigenvalue weighted by Crippen LogP contribution is 2.31. The zero-order valence-electron chi connectivity index (χ0n) is 15.0. The summed E-state index contributed by atoms with van der Waals surface area (Å²) < 4.78 is 8.00. The van der Waals surface area contributed by atoms with Crippen LogP contribution in [0.4, 0.5) is 0 Å². The van der Waals surface area contributed by atoms with Crippen LogP contribution >= 0.6 is 23.2 Å². The molecular weight excluding hydrogens is 383 g/mol. The lowest BCUT2D eigenvalue weighted by Gasteiger charge is -2.11. The van der Waals surface area contributed by atoms with Crippen LogP contribution < -0.4 is 4.74 Å². The molecule has 2 heterocycles. The number of likely N-dealkylation sites (tertiary alicyclic amines) is 1. The molecule has 1 fully saturated rings. The van der Waals surface area contributed by atoms with Crippen LogP contribution in [0.1, 0.15) is 18.0 Å². The summed E-state index contributed by atoms with van der Waals surface area (Å²) in [4.78, 5) is 2.31. The van der Waals surface area contributed by atoms with Crippen molar-refractivity contribution in [1.82, 2.24) is 19.9 Å². The molecule has 7 heteroatoms. The lowest BCUT2D eigenvalue weighted by Crippen LogP contribution is -2.16. The zero-order chi connectivity index (χ0) is 18.8. The Labute approximate surface area is 168 Å². The largest absolute Gasteiger partial charge is 0.488 e. The van der Waals surface area contributed by atoms with Crippen molar-refractivity contribution in [2.24, 2.45) is 0 Å². The number of hydrogen-bond donors (Lipinski definition) is 0. The Morgan fingerprint density at radius 2 is 2.00 bits per heavy atom. The monoisotopic (exact) mass is 402 g/mol. The fraction of sp³-hybridized carbons (Fsp3) is 0.300. The number of benzene rings is 2. The lowest BCUT2D eigenvalue weighted by atomic mass is 10.1. The van der Waals surface area contributed by atoms with Crippen LogP contribution in [0, 0.1) is 0 Å². The maximum Gasteiger partial charge on any atom is 0.129 e. The molecule has 0 bridgehead atoms. The van der Waals surface area contributed by atoms with E-state index in [1.165, 1.54) is 0 Å². The van der Waals surface area contributed by atoms with Crippen LogP contribution in [0.25, 0.3) is 11.3 Å². The second-order valence-electron chi connectivity index (χ2n) is 6.82. The van der Waals surface area contributed by atoms with Gasteiger partial charge in [-0.05, 0) is 49.8 Å². The predicted molar refractivity (Wildman–Crippen MR) is 107 cm³/mol. The number of nitrogens with zero attached hydrogens (tertiary/aromatic N) is 4. The molecule has 0 spiro atoms. The normalized spacial score (nSPS) is 17.4. The van der Waals surface area contributed by atoms with Crippen LogP contribution in [-0.4, -0.2) is 40.0 Å². The summed E-state index contributed by atoms with van der Waals surface area (Å²) in [5.74, 6) is 0.763. The molecule has 1 saturated heterocycles. The third-order valence-electron chi connectivity index (χ3n) is 4.79. The van der Waals surface area contributed by atoms with E-state index in [2.05, 4.69) is 22.3 Å². The Kier molecular flexibility index (Phi) is 5.34. The van der Waals surface area contributed by atoms with Crippen molar-refractivity contribution >= 4 is 23.2 Å².